The molecule has 0 saturated heterocycles. The Labute approximate surface area is 118 Å². The minimum Gasteiger partial charge on any atom is -0.397 e. The van der Waals surface area contributed by atoms with Crippen molar-refractivity contribution < 1.29 is 4.79 Å². The summed E-state index contributed by atoms with van der Waals surface area (Å²) in [5.41, 5.74) is 8.66. The molecular weight excluding hydrogens is 256 g/mol. The van der Waals surface area contributed by atoms with Crippen molar-refractivity contribution in [2.24, 2.45) is 5.41 Å². The first-order chi connectivity index (χ1) is 9.06. The number of nitrogen functional groups attached to an aromatic ring is 1. The van der Waals surface area contributed by atoms with E-state index in [0.717, 1.165) is 22.1 Å². The maximum atomic E-state index is 11.6. The molecule has 4 heteroatoms. The first-order valence-corrected chi connectivity index (χ1v) is 8.05. The number of carbonyl (C=O) groups excluding carboxylic acids is 1. The fourth-order valence-electron chi connectivity index (χ4n) is 2.73. The highest BCUT2D eigenvalue weighted by Gasteiger charge is 2.41. The van der Waals surface area contributed by atoms with Gasteiger partial charge < -0.3 is 11.1 Å². The molecule has 1 heterocycles. The minimum atomic E-state index is 0.0917. The molecule has 1 aromatic rings. The van der Waals surface area contributed by atoms with E-state index in [2.05, 4.69) is 12.2 Å². The monoisotopic (exact) mass is 278 g/mol. The van der Waals surface area contributed by atoms with Crippen LogP contribution in [0, 0.1) is 5.41 Å². The van der Waals surface area contributed by atoms with E-state index in [4.69, 9.17) is 5.73 Å². The summed E-state index contributed by atoms with van der Waals surface area (Å²) < 4.78 is 0. The Morgan fingerprint density at radius 1 is 1.47 bits per heavy atom. The van der Waals surface area contributed by atoms with Gasteiger partial charge in [-0.3, -0.25) is 4.79 Å². The van der Waals surface area contributed by atoms with Crippen molar-refractivity contribution in [2.75, 3.05) is 17.6 Å². The van der Waals surface area contributed by atoms with E-state index < -0.39 is 0 Å². The van der Waals surface area contributed by atoms with E-state index in [-0.39, 0.29) is 5.78 Å². The molecule has 2 aliphatic carbocycles. The van der Waals surface area contributed by atoms with Crippen molar-refractivity contribution in [1.82, 2.24) is 0 Å². The minimum absolute atomic E-state index is 0.0917. The van der Waals surface area contributed by atoms with Gasteiger partial charge in [0.05, 0.1) is 15.6 Å². The molecule has 0 aromatic carbocycles. The lowest BCUT2D eigenvalue weighted by atomic mass is 10.0. The van der Waals surface area contributed by atoms with Crippen molar-refractivity contribution in [2.45, 2.75) is 51.9 Å². The Bertz CT molecular complexity index is 512. The number of Topliss-reactive ketones (excluding diaryl/α,β-unsaturated/α-hetero) is 1. The molecule has 2 saturated carbocycles. The number of rotatable bonds is 6. The maximum absolute atomic E-state index is 11.6. The van der Waals surface area contributed by atoms with Crippen LogP contribution in [0.1, 0.15) is 67.1 Å². The summed E-state index contributed by atoms with van der Waals surface area (Å²) in [7, 11) is 0. The van der Waals surface area contributed by atoms with Crippen LogP contribution >= 0.6 is 11.3 Å². The fraction of sp³-hybridized carbons (Fsp3) is 0.667. The van der Waals surface area contributed by atoms with Crippen LogP contribution in [0.2, 0.25) is 0 Å². The number of hydrogen-bond donors (Lipinski definition) is 2. The number of ketones is 1. The van der Waals surface area contributed by atoms with Crippen LogP contribution < -0.4 is 11.1 Å². The second-order valence-electron chi connectivity index (χ2n) is 6.13. The van der Waals surface area contributed by atoms with Gasteiger partial charge in [-0.1, -0.05) is 6.92 Å². The van der Waals surface area contributed by atoms with Gasteiger partial charge in [0, 0.05) is 19.0 Å². The molecule has 0 atom stereocenters. The average Bonchev–Trinajstić information content (AvgIpc) is 3.28. The van der Waals surface area contributed by atoms with Gasteiger partial charge in [0.2, 0.25) is 0 Å². The highest BCUT2D eigenvalue weighted by molar-refractivity contribution is 7.18. The normalized spacial score (nSPS) is 20.3. The smallest absolute Gasteiger partial charge is 0.171 e. The van der Waals surface area contributed by atoms with E-state index >= 15 is 0 Å². The third kappa shape index (κ3) is 2.38. The number of nitrogens with two attached hydrogens (primary N) is 1. The predicted octanol–water partition coefficient (Wildman–Crippen LogP) is 4.01. The molecule has 0 amide bonds. The van der Waals surface area contributed by atoms with E-state index in [1.54, 1.807) is 18.3 Å². The Morgan fingerprint density at radius 3 is 2.63 bits per heavy atom. The standard InChI is InChI=1S/C15H22N2OS/c1-3-15(6-7-15)8-17-14-11(10-4-5-10)12(16)13(19-14)9(2)18/h10,17H,3-8,16H2,1-2H3. The summed E-state index contributed by atoms with van der Waals surface area (Å²) in [6, 6.07) is 0. The highest BCUT2D eigenvalue weighted by atomic mass is 32.1. The quantitative estimate of drug-likeness (QED) is 0.773. The van der Waals surface area contributed by atoms with Gasteiger partial charge in [-0.15, -0.1) is 11.3 Å². The largest absolute Gasteiger partial charge is 0.397 e. The molecule has 0 bridgehead atoms. The van der Waals surface area contributed by atoms with Crippen LogP contribution in [0.4, 0.5) is 10.7 Å². The zero-order valence-corrected chi connectivity index (χ0v) is 12.5. The molecule has 0 radical (unpaired) electrons. The first kappa shape index (κ1) is 13.0. The van der Waals surface area contributed by atoms with E-state index in [1.165, 1.54) is 37.7 Å². The molecule has 2 aliphatic rings. The fourth-order valence-corrected chi connectivity index (χ4v) is 3.83. The average molecular weight is 278 g/mol. The number of nitrogens with one attached hydrogen (secondary N) is 1. The SMILES string of the molecule is CCC1(CNc2sc(C(C)=O)c(N)c2C2CC2)CC1. The van der Waals surface area contributed by atoms with Crippen LogP contribution in [0.3, 0.4) is 0 Å². The molecule has 0 aliphatic heterocycles. The molecule has 0 unspecified atom stereocenters. The van der Waals surface area contributed by atoms with Crippen LogP contribution in [0.15, 0.2) is 0 Å². The lowest BCUT2D eigenvalue weighted by Gasteiger charge is -2.14. The van der Waals surface area contributed by atoms with E-state index in [1.807, 2.05) is 0 Å². The summed E-state index contributed by atoms with van der Waals surface area (Å²) in [6.07, 6.45) is 6.32. The second kappa shape index (κ2) is 4.51. The molecule has 19 heavy (non-hydrogen) atoms. The van der Waals surface area contributed by atoms with Crippen LogP contribution in [-0.4, -0.2) is 12.3 Å². The third-order valence-corrected chi connectivity index (χ3v) is 5.90. The lowest BCUT2D eigenvalue weighted by molar-refractivity contribution is 0.102. The molecule has 0 spiro atoms. The van der Waals surface area contributed by atoms with Crippen molar-refractivity contribution in [3.63, 3.8) is 0 Å². The molecule has 104 valence electrons. The number of hydrogen-bond acceptors (Lipinski definition) is 4. The van der Waals surface area contributed by atoms with Crippen molar-refractivity contribution in [3.05, 3.63) is 10.4 Å². The summed E-state index contributed by atoms with van der Waals surface area (Å²) in [5, 5.41) is 4.75. The van der Waals surface area contributed by atoms with Crippen LogP contribution in [0.5, 0.6) is 0 Å². The van der Waals surface area contributed by atoms with Gasteiger partial charge in [-0.25, -0.2) is 0 Å². The molecule has 3 rings (SSSR count). The Balaban J connectivity index is 1.83. The first-order valence-electron chi connectivity index (χ1n) is 7.23. The van der Waals surface area contributed by atoms with Crippen molar-refractivity contribution in [3.8, 4) is 0 Å². The zero-order chi connectivity index (χ0) is 13.6. The number of thiophene rings is 1. The Hall–Kier alpha value is -1.03. The lowest BCUT2D eigenvalue weighted by Crippen LogP contribution is -2.14. The molecule has 2 fully saturated rings. The Kier molecular flexibility index (Phi) is 3.08. The Morgan fingerprint density at radius 2 is 2.16 bits per heavy atom. The topological polar surface area (TPSA) is 55.1 Å². The summed E-state index contributed by atoms with van der Waals surface area (Å²) in [4.78, 5) is 12.4. The summed E-state index contributed by atoms with van der Waals surface area (Å²) in [6.45, 7) is 4.90. The summed E-state index contributed by atoms with van der Waals surface area (Å²) >= 11 is 1.56. The summed E-state index contributed by atoms with van der Waals surface area (Å²) in [5.74, 6) is 0.678. The highest BCUT2D eigenvalue weighted by Crippen LogP contribution is 2.53. The van der Waals surface area contributed by atoms with Crippen molar-refractivity contribution in [1.29, 1.82) is 0 Å². The van der Waals surface area contributed by atoms with Gasteiger partial charge >= 0.3 is 0 Å². The predicted molar refractivity (Wildman–Crippen MR) is 81.2 cm³/mol. The van der Waals surface area contributed by atoms with Crippen LogP contribution in [0.25, 0.3) is 0 Å². The molecule has 3 nitrogen and oxygen atoms in total. The van der Waals surface area contributed by atoms with Crippen LogP contribution in [-0.2, 0) is 0 Å². The van der Waals surface area contributed by atoms with E-state index in [9.17, 15) is 4.79 Å². The van der Waals surface area contributed by atoms with Gasteiger partial charge in [-0.05, 0) is 43.4 Å². The van der Waals surface area contributed by atoms with Gasteiger partial charge in [0.25, 0.3) is 0 Å². The zero-order valence-electron chi connectivity index (χ0n) is 11.7. The molecular formula is C15H22N2OS. The van der Waals surface area contributed by atoms with Gasteiger partial charge in [0.15, 0.2) is 5.78 Å². The second-order valence-corrected chi connectivity index (χ2v) is 7.15. The number of anilines is 2. The van der Waals surface area contributed by atoms with Gasteiger partial charge in [-0.2, -0.15) is 0 Å². The molecule has 1 aromatic heterocycles. The third-order valence-electron chi connectivity index (χ3n) is 4.62. The molecule has 3 N–H and O–H groups in total. The van der Waals surface area contributed by atoms with Gasteiger partial charge in [0.1, 0.15) is 0 Å². The van der Waals surface area contributed by atoms with E-state index in [0.29, 0.717) is 11.3 Å². The maximum Gasteiger partial charge on any atom is 0.171 e. The van der Waals surface area contributed by atoms with Crippen molar-refractivity contribution >= 4 is 27.8 Å². The number of carbonyl (C=O) groups is 1.